The van der Waals surface area contributed by atoms with E-state index in [-0.39, 0.29) is 18.1 Å². The Bertz CT molecular complexity index is 899. The Labute approximate surface area is 165 Å². The van der Waals surface area contributed by atoms with E-state index in [1.807, 2.05) is 0 Å². The SMILES string of the molecule is COc1cc(OC)cc(-c2nnc(SC[C@H](O)COc3ccccc3F)o2)c1. The molecule has 0 spiro atoms. The largest absolute Gasteiger partial charge is 0.497 e. The first-order valence-electron chi connectivity index (χ1n) is 8.34. The van der Waals surface area contributed by atoms with Gasteiger partial charge in [-0.3, -0.25) is 0 Å². The molecule has 0 aliphatic heterocycles. The van der Waals surface area contributed by atoms with Crippen LogP contribution in [0.15, 0.2) is 52.1 Å². The molecular weight excluding hydrogens is 387 g/mol. The molecule has 1 N–H and O–H groups in total. The fourth-order valence-corrected chi connectivity index (χ4v) is 2.95. The predicted octanol–water partition coefficient (Wildman–Crippen LogP) is 3.42. The maximum atomic E-state index is 13.5. The Morgan fingerprint density at radius 3 is 2.50 bits per heavy atom. The number of aliphatic hydroxyl groups is 1. The molecule has 0 radical (unpaired) electrons. The zero-order valence-corrected chi connectivity index (χ0v) is 16.1. The molecule has 0 bridgehead atoms. The molecule has 0 aliphatic carbocycles. The quantitative estimate of drug-likeness (QED) is 0.541. The number of rotatable bonds is 9. The normalized spacial score (nSPS) is 11.9. The van der Waals surface area contributed by atoms with Crippen molar-refractivity contribution in [1.29, 1.82) is 0 Å². The standard InChI is InChI=1S/C19H19FN2O5S/c1-24-14-7-12(8-15(9-14)25-2)18-21-22-19(27-18)28-11-13(23)10-26-17-6-4-3-5-16(17)20/h3-9,13,23H,10-11H2,1-2H3/t13-/m1/s1. The van der Waals surface area contributed by atoms with Gasteiger partial charge in [0, 0.05) is 17.4 Å². The number of methoxy groups -OCH3 is 2. The van der Waals surface area contributed by atoms with Crippen molar-refractivity contribution in [3.05, 3.63) is 48.3 Å². The van der Waals surface area contributed by atoms with E-state index in [1.54, 1.807) is 44.6 Å². The molecule has 0 saturated heterocycles. The van der Waals surface area contributed by atoms with Gasteiger partial charge in [-0.25, -0.2) is 4.39 Å². The Morgan fingerprint density at radius 2 is 1.82 bits per heavy atom. The third-order valence-corrected chi connectivity index (χ3v) is 4.64. The molecule has 1 aromatic heterocycles. The molecule has 3 aromatic rings. The van der Waals surface area contributed by atoms with Gasteiger partial charge >= 0.3 is 0 Å². The summed E-state index contributed by atoms with van der Waals surface area (Å²) in [6.07, 6.45) is -0.836. The zero-order valence-electron chi connectivity index (χ0n) is 15.3. The molecule has 0 fully saturated rings. The summed E-state index contributed by atoms with van der Waals surface area (Å²) < 4.78 is 34.9. The van der Waals surface area contributed by atoms with E-state index < -0.39 is 11.9 Å². The Hall–Kier alpha value is -2.78. The minimum absolute atomic E-state index is 0.0536. The van der Waals surface area contributed by atoms with E-state index in [0.29, 0.717) is 28.2 Å². The number of halogens is 1. The third kappa shape index (κ3) is 5.14. The van der Waals surface area contributed by atoms with Crippen molar-refractivity contribution in [3.63, 3.8) is 0 Å². The van der Waals surface area contributed by atoms with E-state index in [0.717, 1.165) is 0 Å². The van der Waals surface area contributed by atoms with Crippen LogP contribution in [0, 0.1) is 5.82 Å². The van der Waals surface area contributed by atoms with Crippen LogP contribution in [0.5, 0.6) is 17.2 Å². The Balaban J connectivity index is 1.57. The number of benzene rings is 2. The van der Waals surface area contributed by atoms with E-state index in [9.17, 15) is 9.50 Å². The van der Waals surface area contributed by atoms with Crippen molar-refractivity contribution >= 4 is 11.8 Å². The van der Waals surface area contributed by atoms with Crippen LogP contribution in [-0.4, -0.2) is 48.0 Å². The number of hydrogen-bond acceptors (Lipinski definition) is 8. The van der Waals surface area contributed by atoms with Crippen LogP contribution < -0.4 is 14.2 Å². The van der Waals surface area contributed by atoms with Crippen molar-refractivity contribution in [1.82, 2.24) is 10.2 Å². The molecule has 3 rings (SSSR count). The second kappa shape index (κ2) is 9.43. The van der Waals surface area contributed by atoms with E-state index in [2.05, 4.69) is 10.2 Å². The molecule has 148 valence electrons. The number of hydrogen-bond donors (Lipinski definition) is 1. The fraction of sp³-hybridized carbons (Fsp3) is 0.263. The van der Waals surface area contributed by atoms with Crippen LogP contribution in [0.25, 0.3) is 11.5 Å². The Kier molecular flexibility index (Phi) is 6.72. The summed E-state index contributed by atoms with van der Waals surface area (Å²) in [6, 6.07) is 11.3. The summed E-state index contributed by atoms with van der Waals surface area (Å²) in [5.74, 6) is 1.37. The fourth-order valence-electron chi connectivity index (χ4n) is 2.28. The van der Waals surface area contributed by atoms with E-state index >= 15 is 0 Å². The molecular formula is C19H19FN2O5S. The highest BCUT2D eigenvalue weighted by Crippen LogP contribution is 2.30. The monoisotopic (exact) mass is 406 g/mol. The van der Waals surface area contributed by atoms with E-state index in [1.165, 1.54) is 23.9 Å². The number of ether oxygens (including phenoxy) is 3. The predicted molar refractivity (Wildman–Crippen MR) is 101 cm³/mol. The molecule has 7 nitrogen and oxygen atoms in total. The molecule has 0 aliphatic rings. The summed E-state index contributed by atoms with van der Waals surface area (Å²) in [4.78, 5) is 0. The maximum Gasteiger partial charge on any atom is 0.276 e. The van der Waals surface area contributed by atoms with Gasteiger partial charge in [0.25, 0.3) is 5.22 Å². The zero-order chi connectivity index (χ0) is 19.9. The second-order valence-electron chi connectivity index (χ2n) is 5.68. The number of para-hydroxylation sites is 1. The van der Waals surface area contributed by atoms with Gasteiger partial charge in [-0.1, -0.05) is 23.9 Å². The summed E-state index contributed by atoms with van der Waals surface area (Å²) in [7, 11) is 3.11. The van der Waals surface area contributed by atoms with Crippen molar-refractivity contribution in [2.45, 2.75) is 11.3 Å². The topological polar surface area (TPSA) is 86.8 Å². The first-order chi connectivity index (χ1) is 13.6. The van der Waals surface area contributed by atoms with Crippen molar-refractivity contribution in [3.8, 4) is 28.7 Å². The molecule has 0 unspecified atom stereocenters. The number of nitrogens with zero attached hydrogens (tertiary/aromatic N) is 2. The first kappa shape index (κ1) is 20.0. The van der Waals surface area contributed by atoms with Crippen LogP contribution >= 0.6 is 11.8 Å². The lowest BCUT2D eigenvalue weighted by Gasteiger charge is -2.11. The van der Waals surface area contributed by atoms with Crippen molar-refractivity contribution < 1.29 is 28.1 Å². The molecule has 0 amide bonds. The third-order valence-electron chi connectivity index (χ3n) is 3.67. The molecule has 28 heavy (non-hydrogen) atoms. The highest BCUT2D eigenvalue weighted by molar-refractivity contribution is 7.99. The summed E-state index contributed by atoms with van der Waals surface area (Å²) in [5.41, 5.74) is 0.652. The van der Waals surface area contributed by atoms with Gasteiger partial charge in [0.2, 0.25) is 5.89 Å². The minimum atomic E-state index is -0.836. The van der Waals surface area contributed by atoms with Gasteiger partial charge in [-0.05, 0) is 24.3 Å². The Morgan fingerprint density at radius 1 is 1.11 bits per heavy atom. The smallest absolute Gasteiger partial charge is 0.276 e. The van der Waals surface area contributed by atoms with E-state index in [4.69, 9.17) is 18.6 Å². The minimum Gasteiger partial charge on any atom is -0.497 e. The number of aromatic nitrogens is 2. The summed E-state index contributed by atoms with van der Waals surface area (Å²) >= 11 is 1.18. The lowest BCUT2D eigenvalue weighted by Crippen LogP contribution is -2.20. The van der Waals surface area contributed by atoms with Crippen LogP contribution in [0.4, 0.5) is 4.39 Å². The van der Waals surface area contributed by atoms with Crippen molar-refractivity contribution in [2.75, 3.05) is 26.6 Å². The van der Waals surface area contributed by atoms with Gasteiger partial charge < -0.3 is 23.7 Å². The number of thioether (sulfide) groups is 1. The highest BCUT2D eigenvalue weighted by Gasteiger charge is 2.14. The van der Waals surface area contributed by atoms with Gasteiger partial charge in [0.1, 0.15) is 18.1 Å². The van der Waals surface area contributed by atoms with Gasteiger partial charge in [0.05, 0.1) is 20.3 Å². The molecule has 1 heterocycles. The maximum absolute atomic E-state index is 13.5. The highest BCUT2D eigenvalue weighted by atomic mass is 32.2. The second-order valence-corrected chi connectivity index (χ2v) is 6.65. The average Bonchev–Trinajstić information content (AvgIpc) is 3.20. The van der Waals surface area contributed by atoms with Crippen LogP contribution in [0.2, 0.25) is 0 Å². The molecule has 9 heteroatoms. The van der Waals surface area contributed by atoms with Crippen LogP contribution in [0.3, 0.4) is 0 Å². The average molecular weight is 406 g/mol. The first-order valence-corrected chi connectivity index (χ1v) is 9.32. The lowest BCUT2D eigenvalue weighted by molar-refractivity contribution is 0.123. The van der Waals surface area contributed by atoms with Gasteiger partial charge in [0.15, 0.2) is 11.6 Å². The number of aliphatic hydroxyl groups excluding tert-OH is 1. The van der Waals surface area contributed by atoms with Gasteiger partial charge in [-0.2, -0.15) is 0 Å². The van der Waals surface area contributed by atoms with Gasteiger partial charge in [-0.15, -0.1) is 10.2 Å². The molecule has 1 atom stereocenters. The summed E-state index contributed by atoms with van der Waals surface area (Å²) in [6.45, 7) is -0.0536. The van der Waals surface area contributed by atoms with Crippen molar-refractivity contribution in [2.24, 2.45) is 0 Å². The summed E-state index contributed by atoms with van der Waals surface area (Å²) in [5, 5.41) is 18.3. The van der Waals surface area contributed by atoms with Crippen LogP contribution in [0.1, 0.15) is 0 Å². The molecule has 2 aromatic carbocycles. The lowest BCUT2D eigenvalue weighted by atomic mass is 10.2. The molecule has 0 saturated carbocycles. The van der Waals surface area contributed by atoms with Crippen LogP contribution in [-0.2, 0) is 0 Å².